The number of fused-ring (bicyclic) bond motifs is 1. The number of aliphatic imine (C=N–C) groups is 1. The van der Waals surface area contributed by atoms with Crippen molar-refractivity contribution in [3.63, 3.8) is 0 Å². The van der Waals surface area contributed by atoms with E-state index < -0.39 is 47.3 Å². The van der Waals surface area contributed by atoms with Gasteiger partial charge < -0.3 is 24.6 Å². The lowest BCUT2D eigenvalue weighted by Gasteiger charge is -2.42. The molecule has 0 bridgehead atoms. The van der Waals surface area contributed by atoms with Gasteiger partial charge in [0.15, 0.2) is 5.17 Å². The zero-order valence-corrected chi connectivity index (χ0v) is 15.9. The molecular weight excluding hydrogens is 376 g/mol. The van der Waals surface area contributed by atoms with Crippen molar-refractivity contribution in [2.24, 2.45) is 16.8 Å². The molecule has 0 aliphatic carbocycles. The van der Waals surface area contributed by atoms with Gasteiger partial charge in [-0.05, 0) is 12.8 Å². The van der Waals surface area contributed by atoms with Gasteiger partial charge in [-0.2, -0.15) is 0 Å². The van der Waals surface area contributed by atoms with Gasteiger partial charge in [0, 0.05) is 31.8 Å². The Labute approximate surface area is 161 Å². The Morgan fingerprint density at radius 1 is 1.19 bits per heavy atom. The van der Waals surface area contributed by atoms with Gasteiger partial charge in [0.2, 0.25) is 0 Å². The van der Waals surface area contributed by atoms with Crippen molar-refractivity contribution in [1.82, 2.24) is 4.90 Å². The number of ether oxygens (including phenoxy) is 2. The van der Waals surface area contributed by atoms with E-state index in [9.17, 15) is 24.6 Å². The predicted molar refractivity (Wildman–Crippen MR) is 96.4 cm³/mol. The summed E-state index contributed by atoms with van der Waals surface area (Å²) in [6, 6.07) is -0.417. The third-order valence-corrected chi connectivity index (χ3v) is 6.38. The second kappa shape index (κ2) is 8.47. The molecule has 5 atom stereocenters. The summed E-state index contributed by atoms with van der Waals surface area (Å²) < 4.78 is 11.1. The zero-order chi connectivity index (χ0) is 19.6. The maximum atomic E-state index is 11.5. The molecule has 3 heterocycles. The summed E-state index contributed by atoms with van der Waals surface area (Å²) in [5.74, 6) is -3.62. The van der Waals surface area contributed by atoms with Crippen LogP contribution in [0.25, 0.3) is 0 Å². The van der Waals surface area contributed by atoms with Crippen molar-refractivity contribution < 1.29 is 34.1 Å². The number of carbonyl (C=O) groups is 3. The quantitative estimate of drug-likeness (QED) is 0.629. The van der Waals surface area contributed by atoms with Crippen LogP contribution < -0.4 is 0 Å². The normalized spacial score (nSPS) is 32.7. The van der Waals surface area contributed by atoms with Crippen LogP contribution in [0.4, 0.5) is 0 Å². The molecule has 2 N–H and O–H groups in total. The third kappa shape index (κ3) is 4.73. The summed E-state index contributed by atoms with van der Waals surface area (Å²) in [6.45, 7) is 2.99. The molecule has 27 heavy (non-hydrogen) atoms. The summed E-state index contributed by atoms with van der Waals surface area (Å²) in [7, 11) is 0. The number of aliphatic carboxylic acids is 2. The first-order chi connectivity index (χ1) is 12.8. The molecular formula is C17H24N2O7S. The van der Waals surface area contributed by atoms with Gasteiger partial charge in [-0.15, -0.1) is 0 Å². The van der Waals surface area contributed by atoms with Crippen molar-refractivity contribution in [2.75, 3.05) is 19.7 Å². The van der Waals surface area contributed by atoms with Crippen LogP contribution >= 0.6 is 11.8 Å². The Morgan fingerprint density at radius 3 is 2.41 bits per heavy atom. The number of carboxylic acids is 2. The zero-order valence-electron chi connectivity index (χ0n) is 15.1. The van der Waals surface area contributed by atoms with Crippen molar-refractivity contribution in [1.29, 1.82) is 0 Å². The molecule has 2 fully saturated rings. The fraction of sp³-hybridized carbons (Fsp3) is 0.765. The molecule has 0 aromatic carbocycles. The van der Waals surface area contributed by atoms with Gasteiger partial charge in [0.1, 0.15) is 12.0 Å². The number of rotatable bonds is 6. The Balaban J connectivity index is 1.85. The topological polar surface area (TPSA) is 126 Å². The SMILES string of the molecule is CC(=O)OC[C@@H]1O[C@@H]2SC(N3CCCC3)=N[C@@H]2[C@H](CC(=O)O)[C@@H]1CC(=O)O. The van der Waals surface area contributed by atoms with Gasteiger partial charge in [-0.25, -0.2) is 0 Å². The summed E-state index contributed by atoms with van der Waals surface area (Å²) >= 11 is 1.45. The first kappa shape index (κ1) is 19.9. The van der Waals surface area contributed by atoms with Gasteiger partial charge in [0.25, 0.3) is 0 Å². The Bertz CT molecular complexity index is 635. The maximum Gasteiger partial charge on any atom is 0.303 e. The molecule has 10 heteroatoms. The standard InChI is InChI=1S/C17H24N2O7S/c1-9(20)25-8-12-10(6-13(21)22)11(7-14(23)24)15-16(26-12)27-17(18-15)19-4-2-3-5-19/h10-12,15-16H,2-8H2,1H3,(H,21,22)(H,23,24)/t10-,11+,12-,15+,16+/m0/s1. The molecule has 0 amide bonds. The number of esters is 1. The summed E-state index contributed by atoms with van der Waals surface area (Å²) in [5, 5.41) is 19.5. The highest BCUT2D eigenvalue weighted by Crippen LogP contribution is 2.45. The number of likely N-dealkylation sites (tertiary alicyclic amines) is 1. The molecule has 0 aromatic heterocycles. The number of hydrogen-bond acceptors (Lipinski definition) is 8. The Morgan fingerprint density at radius 2 is 1.81 bits per heavy atom. The molecule has 0 aromatic rings. The van der Waals surface area contributed by atoms with E-state index >= 15 is 0 Å². The molecule has 0 spiro atoms. The van der Waals surface area contributed by atoms with Crippen LogP contribution in [-0.4, -0.2) is 75.5 Å². The van der Waals surface area contributed by atoms with Crippen molar-refractivity contribution in [3.05, 3.63) is 0 Å². The number of nitrogens with zero attached hydrogens (tertiary/aromatic N) is 2. The number of amidine groups is 1. The highest BCUT2D eigenvalue weighted by atomic mass is 32.2. The van der Waals surface area contributed by atoms with Crippen molar-refractivity contribution in [3.8, 4) is 0 Å². The summed E-state index contributed by atoms with van der Waals surface area (Å²) in [4.78, 5) is 40.9. The number of carboxylic acid groups (broad SMARTS) is 2. The molecule has 3 aliphatic rings. The maximum absolute atomic E-state index is 11.5. The monoisotopic (exact) mass is 400 g/mol. The Hall–Kier alpha value is -1.81. The van der Waals surface area contributed by atoms with Crippen molar-refractivity contribution in [2.45, 2.75) is 50.2 Å². The average Bonchev–Trinajstić information content (AvgIpc) is 3.23. The van der Waals surface area contributed by atoms with Gasteiger partial charge >= 0.3 is 17.9 Å². The van der Waals surface area contributed by atoms with Crippen LogP contribution in [0.2, 0.25) is 0 Å². The highest BCUT2D eigenvalue weighted by Gasteiger charge is 2.51. The minimum absolute atomic E-state index is 0.0910. The number of thioether (sulfide) groups is 1. The van der Waals surface area contributed by atoms with Crippen LogP contribution in [0.3, 0.4) is 0 Å². The van der Waals surface area contributed by atoms with Crippen LogP contribution in [0, 0.1) is 11.8 Å². The van der Waals surface area contributed by atoms with E-state index in [4.69, 9.17) is 14.5 Å². The first-order valence-corrected chi connectivity index (χ1v) is 9.95. The van der Waals surface area contributed by atoms with Crippen LogP contribution in [-0.2, 0) is 23.9 Å². The molecule has 9 nitrogen and oxygen atoms in total. The molecule has 3 rings (SSSR count). The summed E-state index contributed by atoms with van der Waals surface area (Å²) in [5.41, 5.74) is -0.393. The number of carbonyl (C=O) groups excluding carboxylic acids is 1. The van der Waals surface area contributed by atoms with E-state index in [2.05, 4.69) is 4.90 Å². The second-order valence-corrected chi connectivity index (χ2v) is 8.15. The van der Waals surface area contributed by atoms with Gasteiger partial charge in [0.05, 0.1) is 25.0 Å². The lowest BCUT2D eigenvalue weighted by Crippen LogP contribution is -2.50. The van der Waals surface area contributed by atoms with Gasteiger partial charge in [-0.1, -0.05) is 11.8 Å². The number of hydrogen-bond donors (Lipinski definition) is 2. The van der Waals surface area contributed by atoms with E-state index in [1.807, 2.05) is 0 Å². The predicted octanol–water partition coefficient (Wildman–Crippen LogP) is 1.02. The smallest absolute Gasteiger partial charge is 0.303 e. The fourth-order valence-corrected chi connectivity index (χ4v) is 5.31. The lowest BCUT2D eigenvalue weighted by molar-refractivity contribution is -0.162. The minimum atomic E-state index is -1.04. The summed E-state index contributed by atoms with van der Waals surface area (Å²) in [6.07, 6.45) is 1.05. The first-order valence-electron chi connectivity index (χ1n) is 9.07. The van der Waals surface area contributed by atoms with Gasteiger partial charge in [-0.3, -0.25) is 19.4 Å². The van der Waals surface area contributed by atoms with E-state index in [0.717, 1.165) is 31.1 Å². The molecule has 3 aliphatic heterocycles. The van der Waals surface area contributed by atoms with Crippen molar-refractivity contribution >= 4 is 34.8 Å². The molecule has 2 saturated heterocycles. The minimum Gasteiger partial charge on any atom is -0.481 e. The average molecular weight is 400 g/mol. The molecule has 0 saturated carbocycles. The third-order valence-electron chi connectivity index (χ3n) is 5.18. The van der Waals surface area contributed by atoms with E-state index in [1.165, 1.54) is 18.7 Å². The van der Waals surface area contributed by atoms with E-state index in [-0.39, 0.29) is 19.4 Å². The highest BCUT2D eigenvalue weighted by molar-refractivity contribution is 8.14. The van der Waals surface area contributed by atoms with Crippen LogP contribution in [0.5, 0.6) is 0 Å². The molecule has 0 radical (unpaired) electrons. The molecule has 150 valence electrons. The fourth-order valence-electron chi connectivity index (χ4n) is 3.99. The Kier molecular flexibility index (Phi) is 6.25. The van der Waals surface area contributed by atoms with Crippen LogP contribution in [0.1, 0.15) is 32.6 Å². The largest absolute Gasteiger partial charge is 0.481 e. The van der Waals surface area contributed by atoms with Crippen LogP contribution in [0.15, 0.2) is 4.99 Å². The van der Waals surface area contributed by atoms with E-state index in [1.54, 1.807) is 0 Å². The lowest BCUT2D eigenvalue weighted by atomic mass is 9.76. The molecule has 0 unspecified atom stereocenters. The van der Waals surface area contributed by atoms with E-state index in [0.29, 0.717) is 0 Å². The second-order valence-electron chi connectivity index (χ2n) is 7.08.